The number of hydrogen-bond acceptors (Lipinski definition) is 1. The van der Waals surface area contributed by atoms with E-state index >= 15 is 0 Å². The van der Waals surface area contributed by atoms with Gasteiger partial charge in [-0.2, -0.15) is 0 Å². The zero-order valence-electron chi connectivity index (χ0n) is 30.2. The molecule has 0 radical (unpaired) electrons. The molecule has 55 heavy (non-hydrogen) atoms. The Morgan fingerprint density at radius 2 is 0.691 bits per heavy atom. The van der Waals surface area contributed by atoms with Gasteiger partial charge in [-0.05, 0) is 105 Å². The molecule has 1 heterocycles. The van der Waals surface area contributed by atoms with E-state index in [0.29, 0.717) is 0 Å². The standard InChI is InChI=1S/C54H35N/c1-3-15-35(16-4-1)39-31-32-40-34-49(55-50(40)33-39)36-27-29-38(30-28-36)52-43-21-9-13-25-47(43)54(48-26-14-10-22-44(48)52)53-45-23-11-7-19-41(45)51(37-17-5-2-6-18-37)42-20-8-12-24-46(42)53/h1-34,40H. The van der Waals surface area contributed by atoms with E-state index < -0.39 is 0 Å². The van der Waals surface area contributed by atoms with Crippen molar-refractivity contribution in [1.29, 1.82) is 0 Å². The third kappa shape index (κ3) is 5.12. The molecule has 2 aliphatic rings. The fourth-order valence-electron chi connectivity index (χ4n) is 9.00. The van der Waals surface area contributed by atoms with Crippen molar-refractivity contribution in [3.8, 4) is 33.4 Å². The molecule has 0 spiro atoms. The van der Waals surface area contributed by atoms with Crippen molar-refractivity contribution in [3.63, 3.8) is 0 Å². The molecular formula is C54H35N. The average Bonchev–Trinajstić information content (AvgIpc) is 3.69. The number of nitrogens with zero attached hydrogens (tertiary/aromatic N) is 1. The lowest BCUT2D eigenvalue weighted by molar-refractivity contribution is 1.17. The van der Waals surface area contributed by atoms with Gasteiger partial charge in [0.1, 0.15) is 0 Å². The molecule has 256 valence electrons. The molecule has 0 bridgehead atoms. The van der Waals surface area contributed by atoms with Gasteiger partial charge in [0.15, 0.2) is 0 Å². The highest BCUT2D eigenvalue weighted by atomic mass is 14.8. The van der Waals surface area contributed by atoms with E-state index in [1.165, 1.54) is 87.6 Å². The Bertz CT molecular complexity index is 2990. The molecule has 1 unspecified atom stereocenters. The van der Waals surface area contributed by atoms with Gasteiger partial charge in [0.05, 0.1) is 11.4 Å². The minimum atomic E-state index is 0.205. The first-order chi connectivity index (χ1) is 27.3. The van der Waals surface area contributed by atoms with E-state index in [-0.39, 0.29) is 5.92 Å². The first kappa shape index (κ1) is 31.4. The zero-order chi connectivity index (χ0) is 36.3. The van der Waals surface area contributed by atoms with Gasteiger partial charge in [0, 0.05) is 5.92 Å². The van der Waals surface area contributed by atoms with Gasteiger partial charge in [0.2, 0.25) is 0 Å². The summed E-state index contributed by atoms with van der Waals surface area (Å²) in [4.78, 5) is 5.13. The van der Waals surface area contributed by atoms with Gasteiger partial charge < -0.3 is 0 Å². The van der Waals surface area contributed by atoms with Crippen LogP contribution in [0.2, 0.25) is 0 Å². The molecule has 9 aromatic rings. The van der Waals surface area contributed by atoms with Crippen LogP contribution in [0.3, 0.4) is 0 Å². The third-order valence-corrected chi connectivity index (χ3v) is 11.5. The zero-order valence-corrected chi connectivity index (χ0v) is 30.2. The predicted molar refractivity (Wildman–Crippen MR) is 235 cm³/mol. The quantitative estimate of drug-likeness (QED) is 0.159. The summed E-state index contributed by atoms with van der Waals surface area (Å²) in [6.07, 6.45) is 9.02. The number of aliphatic imine (C=N–C) groups is 1. The van der Waals surface area contributed by atoms with E-state index in [2.05, 4.69) is 206 Å². The second kappa shape index (κ2) is 12.8. The molecule has 0 fully saturated rings. The van der Waals surface area contributed by atoms with E-state index in [1.54, 1.807) is 0 Å². The maximum absolute atomic E-state index is 5.13. The van der Waals surface area contributed by atoms with Crippen LogP contribution in [0.5, 0.6) is 0 Å². The average molecular weight is 698 g/mol. The Balaban J connectivity index is 1.09. The van der Waals surface area contributed by atoms with Crippen LogP contribution < -0.4 is 0 Å². The van der Waals surface area contributed by atoms with Gasteiger partial charge in [-0.15, -0.1) is 0 Å². The van der Waals surface area contributed by atoms with Crippen LogP contribution in [0.4, 0.5) is 0 Å². The van der Waals surface area contributed by atoms with Crippen molar-refractivity contribution in [2.24, 2.45) is 10.9 Å². The smallest absolute Gasteiger partial charge is 0.0675 e. The van der Waals surface area contributed by atoms with E-state index in [1.807, 2.05) is 0 Å². The van der Waals surface area contributed by atoms with Crippen LogP contribution in [0.15, 0.2) is 211 Å². The maximum Gasteiger partial charge on any atom is 0.0675 e. The van der Waals surface area contributed by atoms with Crippen LogP contribution in [0.25, 0.3) is 87.7 Å². The van der Waals surface area contributed by atoms with Crippen molar-refractivity contribution in [2.75, 3.05) is 0 Å². The highest BCUT2D eigenvalue weighted by Crippen LogP contribution is 2.50. The molecule has 0 aromatic heterocycles. The van der Waals surface area contributed by atoms with Crippen molar-refractivity contribution in [1.82, 2.24) is 0 Å². The number of fused-ring (bicyclic) bond motifs is 5. The fourth-order valence-corrected chi connectivity index (χ4v) is 9.00. The summed E-state index contributed by atoms with van der Waals surface area (Å²) < 4.78 is 0. The normalized spacial score (nSPS) is 15.0. The highest BCUT2D eigenvalue weighted by Gasteiger charge is 2.24. The van der Waals surface area contributed by atoms with Crippen molar-refractivity contribution in [2.45, 2.75) is 0 Å². The lowest BCUT2D eigenvalue weighted by Gasteiger charge is -2.22. The van der Waals surface area contributed by atoms with Gasteiger partial charge in [-0.25, -0.2) is 0 Å². The summed E-state index contributed by atoms with van der Waals surface area (Å²) in [5.41, 5.74) is 13.2. The number of allylic oxidation sites excluding steroid dienone is 5. The molecule has 1 nitrogen and oxygen atoms in total. The van der Waals surface area contributed by atoms with E-state index in [9.17, 15) is 0 Å². The summed E-state index contributed by atoms with van der Waals surface area (Å²) in [7, 11) is 0. The van der Waals surface area contributed by atoms with Crippen molar-refractivity contribution in [3.05, 3.63) is 217 Å². The van der Waals surface area contributed by atoms with Crippen LogP contribution in [-0.2, 0) is 0 Å². The van der Waals surface area contributed by atoms with Crippen molar-refractivity contribution >= 4 is 60.1 Å². The van der Waals surface area contributed by atoms with Gasteiger partial charge in [-0.3, -0.25) is 4.99 Å². The second-order valence-electron chi connectivity index (χ2n) is 14.6. The third-order valence-electron chi connectivity index (χ3n) is 11.5. The molecule has 1 atom stereocenters. The first-order valence-corrected chi connectivity index (χ1v) is 19.1. The summed E-state index contributed by atoms with van der Waals surface area (Å²) in [6.45, 7) is 0. The minimum Gasteiger partial charge on any atom is -0.252 e. The Kier molecular flexibility index (Phi) is 7.31. The molecule has 0 N–H and O–H groups in total. The molecule has 1 aliphatic carbocycles. The van der Waals surface area contributed by atoms with Crippen LogP contribution >= 0.6 is 0 Å². The van der Waals surface area contributed by atoms with Crippen molar-refractivity contribution < 1.29 is 0 Å². The fraction of sp³-hybridized carbons (Fsp3) is 0.0185. The van der Waals surface area contributed by atoms with Crippen LogP contribution in [-0.4, -0.2) is 5.71 Å². The Morgan fingerprint density at radius 3 is 1.15 bits per heavy atom. The number of rotatable bonds is 5. The lowest BCUT2D eigenvalue weighted by Crippen LogP contribution is -2.07. The number of benzene rings is 9. The molecule has 0 saturated heterocycles. The highest BCUT2D eigenvalue weighted by molar-refractivity contribution is 6.30. The first-order valence-electron chi connectivity index (χ1n) is 19.1. The molecule has 1 aliphatic heterocycles. The Labute approximate surface area is 320 Å². The lowest BCUT2D eigenvalue weighted by atomic mass is 9.81. The molecule has 0 saturated carbocycles. The maximum atomic E-state index is 5.13. The molecule has 1 heteroatoms. The number of hydrogen-bond donors (Lipinski definition) is 0. The van der Waals surface area contributed by atoms with E-state index in [4.69, 9.17) is 4.99 Å². The SMILES string of the molecule is C1=CC2C=C(c3ccc(-c4c5ccccc5c(-c5c6ccccc6c(-c6ccccc6)c6ccccc56)c5ccccc45)cc3)N=C2C=C1c1ccccc1. The molecular weight excluding hydrogens is 663 g/mol. The summed E-state index contributed by atoms with van der Waals surface area (Å²) in [5.74, 6) is 0.205. The van der Waals surface area contributed by atoms with Crippen LogP contribution in [0.1, 0.15) is 11.1 Å². The Hall–Kier alpha value is -7.09. The molecule has 9 aromatic carbocycles. The summed E-state index contributed by atoms with van der Waals surface area (Å²) in [5, 5.41) is 10.1. The summed E-state index contributed by atoms with van der Waals surface area (Å²) >= 11 is 0. The predicted octanol–water partition coefficient (Wildman–Crippen LogP) is 14.4. The molecule has 11 rings (SSSR count). The largest absolute Gasteiger partial charge is 0.252 e. The monoisotopic (exact) mass is 697 g/mol. The van der Waals surface area contributed by atoms with Gasteiger partial charge in [-0.1, -0.05) is 194 Å². The molecule has 0 amide bonds. The van der Waals surface area contributed by atoms with Gasteiger partial charge in [0.25, 0.3) is 0 Å². The van der Waals surface area contributed by atoms with Gasteiger partial charge >= 0.3 is 0 Å². The topological polar surface area (TPSA) is 12.4 Å². The van der Waals surface area contributed by atoms with E-state index in [0.717, 1.165) is 17.0 Å². The minimum absolute atomic E-state index is 0.205. The Morgan fingerprint density at radius 1 is 0.327 bits per heavy atom. The van der Waals surface area contributed by atoms with Crippen LogP contribution in [0, 0.1) is 5.92 Å². The second-order valence-corrected chi connectivity index (χ2v) is 14.6. The summed E-state index contributed by atoms with van der Waals surface area (Å²) in [6, 6.07) is 66.3.